The van der Waals surface area contributed by atoms with Crippen LogP contribution in [-0.4, -0.2) is 9.97 Å². The molecule has 0 saturated heterocycles. The Hall–Kier alpha value is -1.34. The van der Waals surface area contributed by atoms with Gasteiger partial charge in [0.1, 0.15) is 5.69 Å². The van der Waals surface area contributed by atoms with E-state index in [1.807, 2.05) is 0 Å². The normalized spacial score (nSPS) is 13.2. The topological polar surface area (TPSA) is 25.8 Å². The third kappa shape index (κ3) is 3.31. The number of nitrogens with zero attached hydrogens (tertiary/aromatic N) is 2. The van der Waals surface area contributed by atoms with Gasteiger partial charge in [-0.3, -0.25) is 0 Å². The van der Waals surface area contributed by atoms with E-state index in [9.17, 15) is 26.3 Å². The Morgan fingerprint density at radius 3 is 1.82 bits per heavy atom. The molecule has 8 heteroatoms. The van der Waals surface area contributed by atoms with Gasteiger partial charge in [0.2, 0.25) is 5.82 Å². The summed E-state index contributed by atoms with van der Waals surface area (Å²) in [5.41, 5.74) is -1.87. The summed E-state index contributed by atoms with van der Waals surface area (Å²) in [5, 5.41) is 0. The largest absolute Gasteiger partial charge is 0.451 e. The highest BCUT2D eigenvalue weighted by Gasteiger charge is 2.40. The number of hydrogen-bond acceptors (Lipinski definition) is 2. The van der Waals surface area contributed by atoms with Crippen molar-refractivity contribution in [1.82, 2.24) is 9.97 Å². The molecule has 0 aliphatic rings. The van der Waals surface area contributed by atoms with Crippen molar-refractivity contribution in [2.75, 3.05) is 0 Å². The maximum absolute atomic E-state index is 12.3. The van der Waals surface area contributed by atoms with E-state index in [1.165, 1.54) is 13.8 Å². The fraction of sp³-hybridized carbons (Fsp3) is 0.556. The summed E-state index contributed by atoms with van der Waals surface area (Å²) < 4.78 is 73.9. The average Bonchev–Trinajstić information content (AvgIpc) is 2.14. The van der Waals surface area contributed by atoms with Crippen LogP contribution in [0.5, 0.6) is 0 Å². The standard InChI is InChI=1S/C9H8F6N2/c1-4(2)5-3-6(8(10,11)12)17-7(16-5)9(13,14)15/h3-4H,1-2H3. The van der Waals surface area contributed by atoms with E-state index >= 15 is 0 Å². The maximum atomic E-state index is 12.3. The summed E-state index contributed by atoms with van der Waals surface area (Å²) in [7, 11) is 0. The first-order valence-corrected chi connectivity index (χ1v) is 4.55. The van der Waals surface area contributed by atoms with E-state index in [0.717, 1.165) is 0 Å². The second-order valence-corrected chi connectivity index (χ2v) is 3.65. The molecule has 0 fully saturated rings. The minimum atomic E-state index is -5.00. The quantitative estimate of drug-likeness (QED) is 0.719. The van der Waals surface area contributed by atoms with E-state index in [1.54, 1.807) is 0 Å². The molecule has 1 aromatic heterocycles. The van der Waals surface area contributed by atoms with Crippen molar-refractivity contribution in [3.8, 4) is 0 Å². The molecule has 0 unspecified atom stereocenters. The maximum Gasteiger partial charge on any atom is 0.451 e. The first-order valence-electron chi connectivity index (χ1n) is 4.55. The fourth-order valence-corrected chi connectivity index (χ4v) is 1.03. The van der Waals surface area contributed by atoms with Crippen molar-refractivity contribution in [2.24, 2.45) is 0 Å². The van der Waals surface area contributed by atoms with Crippen molar-refractivity contribution in [2.45, 2.75) is 32.1 Å². The molecule has 2 nitrogen and oxygen atoms in total. The number of alkyl halides is 6. The molecule has 0 amide bonds. The predicted molar refractivity (Wildman–Crippen MR) is 46.1 cm³/mol. The van der Waals surface area contributed by atoms with Crippen molar-refractivity contribution < 1.29 is 26.3 Å². The fourth-order valence-electron chi connectivity index (χ4n) is 1.03. The summed E-state index contributed by atoms with van der Waals surface area (Å²) in [4.78, 5) is 5.58. The minimum Gasteiger partial charge on any atom is -0.229 e. The van der Waals surface area contributed by atoms with Gasteiger partial charge in [0.15, 0.2) is 0 Å². The van der Waals surface area contributed by atoms with Gasteiger partial charge in [-0.05, 0) is 12.0 Å². The average molecular weight is 258 g/mol. The van der Waals surface area contributed by atoms with Gasteiger partial charge in [0, 0.05) is 5.69 Å². The van der Waals surface area contributed by atoms with Gasteiger partial charge in [-0.2, -0.15) is 26.3 Å². The Balaban J connectivity index is 3.40. The van der Waals surface area contributed by atoms with Gasteiger partial charge < -0.3 is 0 Å². The van der Waals surface area contributed by atoms with Gasteiger partial charge in [-0.1, -0.05) is 13.8 Å². The minimum absolute atomic E-state index is 0.292. The lowest BCUT2D eigenvalue weighted by atomic mass is 10.1. The zero-order chi connectivity index (χ0) is 13.4. The Morgan fingerprint density at radius 2 is 1.47 bits per heavy atom. The van der Waals surface area contributed by atoms with Crippen LogP contribution in [0.25, 0.3) is 0 Å². The zero-order valence-corrected chi connectivity index (χ0v) is 8.82. The molecule has 0 aliphatic carbocycles. The van der Waals surface area contributed by atoms with E-state index < -0.39 is 29.8 Å². The molecule has 0 radical (unpaired) electrons. The predicted octanol–water partition coefficient (Wildman–Crippen LogP) is 3.64. The first-order chi connectivity index (χ1) is 7.51. The lowest BCUT2D eigenvalue weighted by molar-refractivity contribution is -0.152. The van der Waals surface area contributed by atoms with E-state index in [4.69, 9.17) is 0 Å². The summed E-state index contributed by atoms with van der Waals surface area (Å²) in [6.45, 7) is 2.89. The van der Waals surface area contributed by atoms with Crippen LogP contribution in [0.4, 0.5) is 26.3 Å². The van der Waals surface area contributed by atoms with Gasteiger partial charge in [-0.15, -0.1) is 0 Å². The van der Waals surface area contributed by atoms with E-state index in [0.29, 0.717) is 6.07 Å². The number of aromatic nitrogens is 2. The molecular weight excluding hydrogens is 250 g/mol. The second kappa shape index (κ2) is 4.15. The monoisotopic (exact) mass is 258 g/mol. The molecule has 0 atom stereocenters. The zero-order valence-electron chi connectivity index (χ0n) is 8.82. The van der Waals surface area contributed by atoms with E-state index in [-0.39, 0.29) is 5.69 Å². The van der Waals surface area contributed by atoms with Gasteiger partial charge in [0.25, 0.3) is 0 Å². The highest BCUT2D eigenvalue weighted by atomic mass is 19.4. The second-order valence-electron chi connectivity index (χ2n) is 3.65. The van der Waals surface area contributed by atoms with Crippen LogP contribution < -0.4 is 0 Å². The Kier molecular flexibility index (Phi) is 3.35. The molecule has 1 aromatic rings. The van der Waals surface area contributed by atoms with Crippen molar-refractivity contribution in [1.29, 1.82) is 0 Å². The Labute approximate surface area is 92.7 Å². The van der Waals surface area contributed by atoms with Crippen LogP contribution in [0, 0.1) is 0 Å². The molecule has 0 saturated carbocycles. The van der Waals surface area contributed by atoms with Gasteiger partial charge >= 0.3 is 12.4 Å². The summed E-state index contributed by atoms with van der Waals surface area (Å²) >= 11 is 0. The lowest BCUT2D eigenvalue weighted by Gasteiger charge is -2.13. The van der Waals surface area contributed by atoms with Crippen LogP contribution in [0.15, 0.2) is 6.07 Å². The van der Waals surface area contributed by atoms with Gasteiger partial charge in [-0.25, -0.2) is 9.97 Å². The molecular formula is C9H8F6N2. The third-order valence-corrected chi connectivity index (χ3v) is 1.88. The lowest BCUT2D eigenvalue weighted by Crippen LogP contribution is -2.18. The summed E-state index contributed by atoms with van der Waals surface area (Å²) in [6, 6.07) is 0.528. The number of halogens is 6. The molecule has 0 aliphatic heterocycles. The summed E-state index contributed by atoms with van der Waals surface area (Å²) in [6.07, 6.45) is -9.92. The van der Waals surface area contributed by atoms with Crippen molar-refractivity contribution in [3.63, 3.8) is 0 Å². The smallest absolute Gasteiger partial charge is 0.229 e. The van der Waals surface area contributed by atoms with Crippen molar-refractivity contribution >= 4 is 0 Å². The third-order valence-electron chi connectivity index (χ3n) is 1.88. The number of hydrogen-bond donors (Lipinski definition) is 0. The van der Waals surface area contributed by atoms with Crippen LogP contribution in [0.2, 0.25) is 0 Å². The molecule has 0 N–H and O–H groups in total. The molecule has 0 aromatic carbocycles. The van der Waals surface area contributed by atoms with Crippen LogP contribution in [-0.2, 0) is 12.4 Å². The Morgan fingerprint density at radius 1 is 0.941 bits per heavy atom. The molecule has 0 spiro atoms. The van der Waals surface area contributed by atoms with Crippen LogP contribution in [0.1, 0.15) is 37.0 Å². The Bertz CT molecular complexity index is 375. The summed E-state index contributed by atoms with van der Waals surface area (Å²) in [5.74, 6) is -2.32. The van der Waals surface area contributed by atoms with Crippen LogP contribution in [0.3, 0.4) is 0 Å². The first kappa shape index (κ1) is 13.7. The van der Waals surface area contributed by atoms with Crippen LogP contribution >= 0.6 is 0 Å². The molecule has 17 heavy (non-hydrogen) atoms. The molecule has 0 bridgehead atoms. The highest BCUT2D eigenvalue weighted by molar-refractivity contribution is 5.17. The molecule has 1 rings (SSSR count). The van der Waals surface area contributed by atoms with E-state index in [2.05, 4.69) is 9.97 Å². The SMILES string of the molecule is CC(C)c1cc(C(F)(F)F)nc(C(F)(F)F)n1. The van der Waals surface area contributed by atoms with Gasteiger partial charge in [0.05, 0.1) is 0 Å². The highest BCUT2D eigenvalue weighted by Crippen LogP contribution is 2.33. The molecule has 1 heterocycles. The molecule has 96 valence electrons. The van der Waals surface area contributed by atoms with Crippen molar-refractivity contribution in [3.05, 3.63) is 23.3 Å². The number of rotatable bonds is 1.